The van der Waals surface area contributed by atoms with Gasteiger partial charge >= 0.3 is 0 Å². The topological polar surface area (TPSA) is 69.4 Å². The zero-order valence-corrected chi connectivity index (χ0v) is 20.9. The van der Waals surface area contributed by atoms with Gasteiger partial charge in [-0.3, -0.25) is 10.00 Å². The molecule has 36 heavy (non-hydrogen) atoms. The molecule has 1 saturated heterocycles. The Morgan fingerprint density at radius 1 is 0.944 bits per heavy atom. The Morgan fingerprint density at radius 2 is 1.83 bits per heavy atom. The highest BCUT2D eigenvalue weighted by atomic mass is 16.5. The number of nitrogens with zero attached hydrogens (tertiary/aromatic N) is 3. The Bertz CT molecular complexity index is 1340. The number of nitrogens with one attached hydrogen (secondary N) is 2. The van der Waals surface area contributed by atoms with Gasteiger partial charge in [-0.05, 0) is 66.6 Å². The number of hydrogen-bond donors (Lipinski definition) is 2. The van der Waals surface area contributed by atoms with Crippen LogP contribution < -0.4 is 9.47 Å². The summed E-state index contributed by atoms with van der Waals surface area (Å²) in [5.74, 6) is 1.60. The average molecular weight is 484 g/mol. The van der Waals surface area contributed by atoms with E-state index < -0.39 is 0 Å². The fraction of sp³-hybridized carbons (Fsp3) is 0.276. The van der Waals surface area contributed by atoms with Crippen molar-refractivity contribution in [1.29, 1.82) is 0 Å². The fourth-order valence-corrected chi connectivity index (χ4v) is 4.34. The number of aromatic amines is 2. The number of H-pyrrole nitrogens is 2. The minimum Gasteiger partial charge on any atom is -0.496 e. The van der Waals surface area contributed by atoms with Crippen LogP contribution in [0.5, 0.6) is 11.5 Å². The van der Waals surface area contributed by atoms with Crippen molar-refractivity contribution in [2.45, 2.75) is 0 Å². The van der Waals surface area contributed by atoms with Gasteiger partial charge in [0.2, 0.25) is 0 Å². The maximum Gasteiger partial charge on any atom is 0.129 e. The van der Waals surface area contributed by atoms with Crippen molar-refractivity contribution in [2.75, 3.05) is 53.5 Å². The van der Waals surface area contributed by atoms with Gasteiger partial charge in [0.25, 0.3) is 0 Å². The molecule has 0 amide bonds. The molecule has 0 saturated carbocycles. The molecule has 0 bridgehead atoms. The van der Waals surface area contributed by atoms with Crippen LogP contribution >= 0.6 is 0 Å². The molecule has 0 spiro atoms. The predicted octanol–water partition coefficient (Wildman–Crippen LogP) is 4.87. The molecule has 7 nitrogen and oxygen atoms in total. The molecule has 0 aliphatic carbocycles. The minimum atomic E-state index is 0.672. The summed E-state index contributed by atoms with van der Waals surface area (Å²) in [5.41, 5.74) is 5.03. The van der Waals surface area contributed by atoms with E-state index in [-0.39, 0.29) is 0 Å². The summed E-state index contributed by atoms with van der Waals surface area (Å²) in [7, 11) is 3.86. The maximum absolute atomic E-state index is 6.00. The summed E-state index contributed by atoms with van der Waals surface area (Å²) in [6, 6.07) is 16.4. The van der Waals surface area contributed by atoms with Gasteiger partial charge in [-0.2, -0.15) is 5.10 Å². The molecule has 3 heterocycles. The molecule has 0 radical (unpaired) electrons. The van der Waals surface area contributed by atoms with E-state index in [0.717, 1.165) is 72.3 Å². The van der Waals surface area contributed by atoms with Crippen molar-refractivity contribution >= 4 is 35.2 Å². The van der Waals surface area contributed by atoms with Crippen molar-refractivity contribution < 1.29 is 9.47 Å². The van der Waals surface area contributed by atoms with Gasteiger partial charge in [-0.1, -0.05) is 18.2 Å². The molecule has 2 aromatic carbocycles. The summed E-state index contributed by atoms with van der Waals surface area (Å²) < 4.78 is 11.6. The van der Waals surface area contributed by atoms with Crippen molar-refractivity contribution in [3.8, 4) is 11.5 Å². The van der Waals surface area contributed by atoms with E-state index in [1.54, 1.807) is 7.11 Å². The standard InChI is InChI=1S/C29H33N5O2/c1-33-13-15-34(16-14-33)17-18-36-27-10-7-24(29(21-27)35-2)6-9-26-20-25(31-32-26)8-4-22-3-5-23-11-12-30-28(23)19-22/h3-12,19-21,30H,13-18H2,1-2H3,(H,31,32)/b8-4+,9-6+. The highest BCUT2D eigenvalue weighted by Gasteiger charge is 2.13. The van der Waals surface area contributed by atoms with Crippen molar-refractivity contribution in [2.24, 2.45) is 0 Å². The van der Waals surface area contributed by atoms with Crippen LogP contribution in [0.3, 0.4) is 0 Å². The molecule has 1 aliphatic heterocycles. The van der Waals surface area contributed by atoms with Crippen LogP contribution in [-0.2, 0) is 0 Å². The Hall–Kier alpha value is -3.81. The lowest BCUT2D eigenvalue weighted by atomic mass is 10.1. The van der Waals surface area contributed by atoms with Crippen molar-refractivity contribution in [3.63, 3.8) is 0 Å². The first-order chi connectivity index (χ1) is 17.7. The van der Waals surface area contributed by atoms with Crippen LogP contribution in [-0.4, -0.2) is 78.5 Å². The van der Waals surface area contributed by atoms with Crippen LogP contribution in [0.4, 0.5) is 0 Å². The van der Waals surface area contributed by atoms with Crippen LogP contribution in [0.2, 0.25) is 0 Å². The quantitative estimate of drug-likeness (QED) is 0.356. The van der Waals surface area contributed by atoms with E-state index in [4.69, 9.17) is 9.47 Å². The minimum absolute atomic E-state index is 0.672. The molecular weight excluding hydrogens is 450 g/mol. The Balaban J connectivity index is 1.17. The first-order valence-corrected chi connectivity index (χ1v) is 12.4. The molecule has 0 unspecified atom stereocenters. The van der Waals surface area contributed by atoms with Gasteiger partial charge in [0.1, 0.15) is 18.1 Å². The SMILES string of the molecule is COc1cc(OCCN2CCN(C)CC2)ccc1/C=C/c1cc(/C=C/c2ccc3cc[nH]c3c2)n[nH]1. The number of aromatic nitrogens is 3. The predicted molar refractivity (Wildman–Crippen MR) is 147 cm³/mol. The Kier molecular flexibility index (Phi) is 7.50. The van der Waals surface area contributed by atoms with Crippen LogP contribution in [0.1, 0.15) is 22.5 Å². The van der Waals surface area contributed by atoms with Gasteiger partial charge in [0, 0.05) is 56.1 Å². The van der Waals surface area contributed by atoms with Crippen LogP contribution in [0.15, 0.2) is 54.7 Å². The summed E-state index contributed by atoms with van der Waals surface area (Å²) >= 11 is 0. The third-order valence-corrected chi connectivity index (χ3v) is 6.56. The Labute approximate surface area is 212 Å². The first-order valence-electron chi connectivity index (χ1n) is 12.4. The number of likely N-dealkylation sites (N-methyl/N-ethyl adjacent to an activating group) is 1. The van der Waals surface area contributed by atoms with Crippen LogP contribution in [0.25, 0.3) is 35.2 Å². The van der Waals surface area contributed by atoms with E-state index >= 15 is 0 Å². The summed E-state index contributed by atoms with van der Waals surface area (Å²) in [5, 5.41) is 8.69. The van der Waals surface area contributed by atoms with Gasteiger partial charge < -0.3 is 19.4 Å². The number of rotatable bonds is 9. The number of piperazine rings is 1. The highest BCUT2D eigenvalue weighted by molar-refractivity contribution is 5.83. The third kappa shape index (κ3) is 6.05. The second kappa shape index (κ2) is 11.3. The molecule has 4 aromatic rings. The number of hydrogen-bond acceptors (Lipinski definition) is 5. The smallest absolute Gasteiger partial charge is 0.129 e. The van der Waals surface area contributed by atoms with E-state index in [9.17, 15) is 0 Å². The highest BCUT2D eigenvalue weighted by Crippen LogP contribution is 2.26. The summed E-state index contributed by atoms with van der Waals surface area (Å²) in [6.45, 7) is 6.04. The second-order valence-electron chi connectivity index (χ2n) is 9.14. The molecule has 2 aromatic heterocycles. The first kappa shape index (κ1) is 23.9. The van der Waals surface area contributed by atoms with Crippen molar-refractivity contribution in [3.05, 3.63) is 77.2 Å². The van der Waals surface area contributed by atoms with Gasteiger partial charge in [0.05, 0.1) is 18.5 Å². The number of methoxy groups -OCH3 is 1. The van der Waals surface area contributed by atoms with E-state index in [2.05, 4.69) is 62.4 Å². The monoisotopic (exact) mass is 483 g/mol. The molecule has 2 N–H and O–H groups in total. The lowest BCUT2D eigenvalue weighted by molar-refractivity contribution is 0.133. The fourth-order valence-electron chi connectivity index (χ4n) is 4.34. The molecule has 1 fully saturated rings. The van der Waals surface area contributed by atoms with E-state index in [1.807, 2.05) is 48.7 Å². The van der Waals surface area contributed by atoms with Gasteiger partial charge in [0.15, 0.2) is 0 Å². The molecule has 0 atom stereocenters. The normalized spacial score (nSPS) is 15.4. The summed E-state index contributed by atoms with van der Waals surface area (Å²) in [6.07, 6.45) is 10.0. The van der Waals surface area contributed by atoms with Crippen LogP contribution in [0, 0.1) is 0 Å². The molecule has 186 valence electrons. The van der Waals surface area contributed by atoms with E-state index in [1.165, 1.54) is 5.39 Å². The largest absolute Gasteiger partial charge is 0.496 e. The summed E-state index contributed by atoms with van der Waals surface area (Å²) in [4.78, 5) is 8.05. The van der Waals surface area contributed by atoms with Gasteiger partial charge in [-0.25, -0.2) is 0 Å². The maximum atomic E-state index is 6.00. The van der Waals surface area contributed by atoms with Gasteiger partial charge in [-0.15, -0.1) is 0 Å². The number of benzene rings is 2. The second-order valence-corrected chi connectivity index (χ2v) is 9.14. The van der Waals surface area contributed by atoms with E-state index in [0.29, 0.717) is 6.61 Å². The third-order valence-electron chi connectivity index (χ3n) is 6.56. The molecular formula is C29H33N5O2. The van der Waals surface area contributed by atoms with Crippen molar-refractivity contribution in [1.82, 2.24) is 25.0 Å². The number of ether oxygens (including phenoxy) is 2. The molecule has 7 heteroatoms. The number of fused-ring (bicyclic) bond motifs is 1. The zero-order chi connectivity index (χ0) is 24.7. The lowest BCUT2D eigenvalue weighted by Gasteiger charge is -2.32. The lowest BCUT2D eigenvalue weighted by Crippen LogP contribution is -2.45. The average Bonchev–Trinajstić information content (AvgIpc) is 3.57. The molecule has 5 rings (SSSR count). The zero-order valence-electron chi connectivity index (χ0n) is 20.9. The molecule has 1 aliphatic rings. The Morgan fingerprint density at radius 3 is 2.69 bits per heavy atom.